The van der Waals surface area contributed by atoms with E-state index in [1.165, 1.54) is 10.9 Å². The summed E-state index contributed by atoms with van der Waals surface area (Å²) in [5, 5.41) is 25.1. The van der Waals surface area contributed by atoms with Gasteiger partial charge in [0.1, 0.15) is 11.6 Å². The summed E-state index contributed by atoms with van der Waals surface area (Å²) in [4.78, 5) is 11.9. The van der Waals surface area contributed by atoms with E-state index < -0.39 is 34.5 Å². The topological polar surface area (TPSA) is 179 Å². The molecule has 0 bridgehead atoms. The van der Waals surface area contributed by atoms with Crippen molar-refractivity contribution < 1.29 is 22.8 Å². The first kappa shape index (κ1) is 17.3. The number of aromatic nitrogens is 4. The van der Waals surface area contributed by atoms with Gasteiger partial charge in [-0.05, 0) is 18.0 Å². The number of imidazole rings is 1. The number of aliphatic hydroxyl groups is 2. The molecule has 2 aromatic heterocycles. The highest BCUT2D eigenvalue weighted by atomic mass is 35.5. The minimum absolute atomic E-state index is 0.0797. The summed E-state index contributed by atoms with van der Waals surface area (Å²) in [5.41, 5.74) is 6.34. The van der Waals surface area contributed by atoms with Gasteiger partial charge in [-0.2, -0.15) is 18.4 Å². The Bertz CT molecular complexity index is 873. The van der Waals surface area contributed by atoms with E-state index in [2.05, 4.69) is 19.1 Å². The van der Waals surface area contributed by atoms with Gasteiger partial charge in [-0.15, -0.1) is 0 Å². The Hall–Kier alpha value is -1.57. The van der Waals surface area contributed by atoms with E-state index in [1.54, 1.807) is 0 Å². The van der Waals surface area contributed by atoms with E-state index in [1.807, 2.05) is 0 Å². The van der Waals surface area contributed by atoms with Gasteiger partial charge < -0.3 is 20.5 Å². The largest absolute Gasteiger partial charge is 0.390 e. The first-order valence-corrected chi connectivity index (χ1v) is 8.71. The molecule has 0 radical (unpaired) electrons. The molecule has 6 N–H and O–H groups in total. The van der Waals surface area contributed by atoms with Crippen LogP contribution in [0.4, 0.5) is 5.82 Å². The maximum absolute atomic E-state index is 10.9. The van der Waals surface area contributed by atoms with Crippen LogP contribution in [0, 0.1) is 5.92 Å². The number of aliphatic hydroxyl groups excluding tert-OH is 2. The van der Waals surface area contributed by atoms with Gasteiger partial charge in [0.2, 0.25) is 5.28 Å². The van der Waals surface area contributed by atoms with Crippen LogP contribution in [-0.4, -0.2) is 57.0 Å². The van der Waals surface area contributed by atoms with Gasteiger partial charge >= 0.3 is 10.3 Å². The second-order valence-electron chi connectivity index (χ2n) is 5.52. The smallest absolute Gasteiger partial charge is 0.333 e. The minimum atomic E-state index is -4.14. The number of anilines is 1. The molecule has 1 aliphatic rings. The third kappa shape index (κ3) is 3.16. The number of nitrogens with two attached hydrogens (primary N) is 2. The van der Waals surface area contributed by atoms with Crippen LogP contribution in [0.1, 0.15) is 12.5 Å². The average molecular weight is 379 g/mol. The molecule has 11 nitrogen and oxygen atoms in total. The summed E-state index contributed by atoms with van der Waals surface area (Å²) >= 11 is 5.80. The Morgan fingerprint density at radius 3 is 2.75 bits per heavy atom. The molecular formula is C11H15ClN6O5S. The van der Waals surface area contributed by atoms with Gasteiger partial charge in [0.25, 0.3) is 0 Å². The maximum atomic E-state index is 10.9. The van der Waals surface area contributed by atoms with Crippen LogP contribution in [0.25, 0.3) is 11.2 Å². The second kappa shape index (κ2) is 6.06. The standard InChI is InChI=1S/C11H15ClN6O5S/c12-11-16-9(13)6-10(17-11)18(3-15-6)5-1-4(7(19)8(5)20)2-23-24(14,21)22/h3-5,7-8,19-20H,1-2H2,(H2,13,16,17)(H2,14,21,22)/t4-,5-,7-,8+/m1/s1. The van der Waals surface area contributed by atoms with Crippen molar-refractivity contribution >= 4 is 38.9 Å². The van der Waals surface area contributed by atoms with Crippen LogP contribution < -0.4 is 10.9 Å². The van der Waals surface area contributed by atoms with Crippen molar-refractivity contribution in [1.29, 1.82) is 0 Å². The van der Waals surface area contributed by atoms with Gasteiger partial charge in [0, 0.05) is 5.92 Å². The zero-order valence-corrected chi connectivity index (χ0v) is 13.7. The lowest BCUT2D eigenvalue weighted by molar-refractivity contribution is -0.000989. The zero-order chi connectivity index (χ0) is 17.6. The van der Waals surface area contributed by atoms with Gasteiger partial charge in [-0.1, -0.05) is 0 Å². The molecule has 1 saturated carbocycles. The fourth-order valence-corrected chi connectivity index (χ4v) is 3.41. The van der Waals surface area contributed by atoms with E-state index in [-0.39, 0.29) is 24.1 Å². The average Bonchev–Trinajstić information content (AvgIpc) is 3.00. The maximum Gasteiger partial charge on any atom is 0.333 e. The van der Waals surface area contributed by atoms with Crippen LogP contribution in [0.3, 0.4) is 0 Å². The summed E-state index contributed by atoms with van der Waals surface area (Å²) in [6, 6.07) is -0.621. The highest BCUT2D eigenvalue weighted by molar-refractivity contribution is 7.84. The third-order valence-electron chi connectivity index (χ3n) is 4.00. The number of rotatable bonds is 4. The molecule has 0 saturated heterocycles. The van der Waals surface area contributed by atoms with Crippen molar-refractivity contribution in [3.8, 4) is 0 Å². The first-order valence-electron chi connectivity index (χ1n) is 6.86. The van der Waals surface area contributed by atoms with Gasteiger partial charge in [-0.3, -0.25) is 4.18 Å². The molecule has 0 aliphatic heterocycles. The lowest BCUT2D eigenvalue weighted by Crippen LogP contribution is -2.31. The molecule has 3 rings (SSSR count). The lowest BCUT2D eigenvalue weighted by Gasteiger charge is -2.18. The quantitative estimate of drug-likeness (QED) is 0.463. The molecule has 24 heavy (non-hydrogen) atoms. The third-order valence-corrected chi connectivity index (χ3v) is 4.63. The highest BCUT2D eigenvalue weighted by Gasteiger charge is 2.43. The summed E-state index contributed by atoms with van der Waals surface area (Å²) in [6.07, 6.45) is -0.782. The molecule has 1 aliphatic carbocycles. The monoisotopic (exact) mass is 378 g/mol. The van der Waals surface area contributed by atoms with Crippen molar-refractivity contribution in [2.45, 2.75) is 24.7 Å². The number of halogens is 1. The number of fused-ring (bicyclic) bond motifs is 1. The molecule has 132 valence electrons. The molecule has 4 atom stereocenters. The first-order chi connectivity index (χ1) is 11.2. The number of hydrogen-bond donors (Lipinski definition) is 4. The van der Waals surface area contributed by atoms with Gasteiger partial charge in [0.15, 0.2) is 11.5 Å². The molecule has 2 aromatic rings. The molecule has 1 fully saturated rings. The van der Waals surface area contributed by atoms with E-state index in [4.69, 9.17) is 22.5 Å². The fourth-order valence-electron chi connectivity index (χ4n) is 2.88. The van der Waals surface area contributed by atoms with E-state index in [0.29, 0.717) is 11.2 Å². The summed E-state index contributed by atoms with van der Waals surface area (Å²) in [5.74, 6) is -0.554. The van der Waals surface area contributed by atoms with Crippen molar-refractivity contribution in [2.24, 2.45) is 11.1 Å². The number of nitrogen functional groups attached to an aromatic ring is 1. The van der Waals surface area contributed by atoms with E-state index in [0.717, 1.165) is 0 Å². The molecule has 2 heterocycles. The van der Waals surface area contributed by atoms with Crippen LogP contribution in [0.15, 0.2) is 6.33 Å². The Balaban J connectivity index is 1.90. The second-order valence-corrected chi connectivity index (χ2v) is 7.08. The normalized spacial score (nSPS) is 27.8. The molecule has 0 spiro atoms. The van der Waals surface area contributed by atoms with Crippen LogP contribution >= 0.6 is 11.6 Å². The lowest BCUT2D eigenvalue weighted by atomic mass is 10.1. The molecular weight excluding hydrogens is 364 g/mol. The van der Waals surface area contributed by atoms with Crippen molar-refractivity contribution in [1.82, 2.24) is 19.5 Å². The van der Waals surface area contributed by atoms with Crippen molar-refractivity contribution in [3.63, 3.8) is 0 Å². The summed E-state index contributed by atoms with van der Waals surface area (Å²) in [7, 11) is -4.14. The Labute approximate surface area is 141 Å². The van der Waals surface area contributed by atoms with Crippen molar-refractivity contribution in [2.75, 3.05) is 12.3 Å². The Kier molecular flexibility index (Phi) is 4.36. The van der Waals surface area contributed by atoms with Gasteiger partial charge in [0.05, 0.1) is 25.1 Å². The van der Waals surface area contributed by atoms with Gasteiger partial charge in [-0.25, -0.2) is 10.1 Å². The number of hydrogen-bond acceptors (Lipinski definition) is 9. The van der Waals surface area contributed by atoms with E-state index >= 15 is 0 Å². The predicted octanol–water partition coefficient (Wildman–Crippen LogP) is -1.44. The summed E-state index contributed by atoms with van der Waals surface area (Å²) in [6.45, 7) is -0.349. The minimum Gasteiger partial charge on any atom is -0.390 e. The zero-order valence-electron chi connectivity index (χ0n) is 12.1. The summed E-state index contributed by atoms with van der Waals surface area (Å²) < 4.78 is 27.8. The SMILES string of the molecule is Nc1nc(Cl)nc2c1ncn2[C@@H]1C[C@H](COS(N)(=O)=O)[C@@H](O)[C@H]1O. The molecule has 0 aromatic carbocycles. The molecule has 13 heteroatoms. The van der Waals surface area contributed by atoms with Crippen molar-refractivity contribution in [3.05, 3.63) is 11.6 Å². The fraction of sp³-hybridized carbons (Fsp3) is 0.545. The van der Waals surface area contributed by atoms with Crippen LogP contribution in [0.5, 0.6) is 0 Å². The van der Waals surface area contributed by atoms with Crippen LogP contribution in [-0.2, 0) is 14.5 Å². The highest BCUT2D eigenvalue weighted by Crippen LogP contribution is 2.37. The molecule has 0 unspecified atom stereocenters. The predicted molar refractivity (Wildman–Crippen MR) is 83.0 cm³/mol. The van der Waals surface area contributed by atoms with Crippen LogP contribution in [0.2, 0.25) is 5.28 Å². The Morgan fingerprint density at radius 2 is 2.08 bits per heavy atom. The van der Waals surface area contributed by atoms with E-state index in [9.17, 15) is 18.6 Å². The molecule has 0 amide bonds. The Morgan fingerprint density at radius 1 is 1.38 bits per heavy atom. The number of nitrogens with zero attached hydrogens (tertiary/aromatic N) is 4.